The Labute approximate surface area is 109 Å². The molecular weight excluding hydrogens is 284 g/mol. The van der Waals surface area contributed by atoms with Crippen LogP contribution in [0.25, 0.3) is 0 Å². The van der Waals surface area contributed by atoms with E-state index in [9.17, 15) is 4.79 Å². The Morgan fingerprint density at radius 1 is 1.41 bits per heavy atom. The summed E-state index contributed by atoms with van der Waals surface area (Å²) in [4.78, 5) is 18.2. The number of hydrogen-bond donors (Lipinski definition) is 0. The largest absolute Gasteiger partial charge is 0.495 e. The van der Waals surface area contributed by atoms with Gasteiger partial charge in [0.1, 0.15) is 11.4 Å². The highest BCUT2D eigenvalue weighted by Gasteiger charge is 2.20. The van der Waals surface area contributed by atoms with Gasteiger partial charge in [0.05, 0.1) is 11.6 Å². The Morgan fingerprint density at radius 3 is 2.76 bits per heavy atom. The first-order valence-corrected chi connectivity index (χ1v) is 6.50. The van der Waals surface area contributed by atoms with Crippen LogP contribution in [0.1, 0.15) is 29.8 Å². The monoisotopic (exact) mass is 298 g/mol. The molecule has 92 valence electrons. The van der Waals surface area contributed by atoms with Crippen LogP contribution >= 0.6 is 15.9 Å². The van der Waals surface area contributed by atoms with Crippen molar-refractivity contribution in [3.05, 3.63) is 22.4 Å². The van der Waals surface area contributed by atoms with E-state index in [0.717, 1.165) is 30.4 Å². The van der Waals surface area contributed by atoms with Gasteiger partial charge in [-0.25, -0.2) is 4.98 Å². The summed E-state index contributed by atoms with van der Waals surface area (Å²) in [6.45, 7) is 1.66. The second kappa shape index (κ2) is 5.49. The van der Waals surface area contributed by atoms with Gasteiger partial charge in [-0.15, -0.1) is 0 Å². The van der Waals surface area contributed by atoms with Crippen molar-refractivity contribution < 1.29 is 9.53 Å². The highest BCUT2D eigenvalue weighted by molar-refractivity contribution is 9.10. The van der Waals surface area contributed by atoms with Crippen LogP contribution in [0, 0.1) is 0 Å². The van der Waals surface area contributed by atoms with Crippen molar-refractivity contribution >= 4 is 21.8 Å². The third-order valence-electron chi connectivity index (χ3n) is 2.90. The summed E-state index contributed by atoms with van der Waals surface area (Å²) in [7, 11) is 1.58. The number of likely N-dealkylation sites (tertiary alicyclic amines) is 1. The van der Waals surface area contributed by atoms with Gasteiger partial charge in [0.25, 0.3) is 5.91 Å². The number of aromatic nitrogens is 1. The summed E-state index contributed by atoms with van der Waals surface area (Å²) < 4.78 is 5.92. The topological polar surface area (TPSA) is 42.4 Å². The van der Waals surface area contributed by atoms with E-state index in [-0.39, 0.29) is 5.91 Å². The number of ether oxygens (including phenoxy) is 1. The van der Waals surface area contributed by atoms with Crippen molar-refractivity contribution in [1.29, 1.82) is 0 Å². The van der Waals surface area contributed by atoms with Crippen LogP contribution in [0.15, 0.2) is 16.7 Å². The molecule has 0 N–H and O–H groups in total. The number of hydrogen-bond acceptors (Lipinski definition) is 3. The fraction of sp³-hybridized carbons (Fsp3) is 0.500. The summed E-state index contributed by atoms with van der Waals surface area (Å²) in [5.41, 5.74) is 0.451. The van der Waals surface area contributed by atoms with Gasteiger partial charge in [-0.2, -0.15) is 0 Å². The van der Waals surface area contributed by atoms with Gasteiger partial charge in [0.15, 0.2) is 0 Å². The lowest BCUT2D eigenvalue weighted by Crippen LogP contribution is -2.36. The Kier molecular flexibility index (Phi) is 3.99. The zero-order chi connectivity index (χ0) is 12.3. The SMILES string of the molecule is COc1cc(C(=O)N2CCCCC2)ncc1Br. The molecule has 1 aromatic rings. The minimum absolute atomic E-state index is 0.00417. The van der Waals surface area contributed by atoms with Gasteiger partial charge in [-0.05, 0) is 35.2 Å². The number of carbonyl (C=O) groups excluding carboxylic acids is 1. The maximum absolute atomic E-state index is 12.2. The van der Waals surface area contributed by atoms with Crippen LogP contribution in [-0.4, -0.2) is 36.0 Å². The molecule has 0 unspecified atom stereocenters. The smallest absolute Gasteiger partial charge is 0.272 e. The molecule has 0 saturated carbocycles. The molecule has 17 heavy (non-hydrogen) atoms. The molecule has 0 atom stereocenters. The molecule has 0 aliphatic carbocycles. The standard InChI is InChI=1S/C12H15BrN2O2/c1-17-11-7-10(14-8-9(11)13)12(16)15-5-3-2-4-6-15/h7-8H,2-6H2,1H3. The molecule has 1 fully saturated rings. The molecule has 2 heterocycles. The molecule has 1 aliphatic heterocycles. The van der Waals surface area contributed by atoms with E-state index in [2.05, 4.69) is 20.9 Å². The number of amides is 1. The molecule has 1 aromatic heterocycles. The van der Waals surface area contributed by atoms with Gasteiger partial charge in [0, 0.05) is 25.4 Å². The number of halogens is 1. The number of nitrogens with zero attached hydrogens (tertiary/aromatic N) is 2. The first kappa shape index (κ1) is 12.4. The molecule has 1 aliphatic rings. The molecule has 0 aromatic carbocycles. The minimum atomic E-state index is -0.00417. The number of methoxy groups -OCH3 is 1. The Hall–Kier alpha value is -1.10. The van der Waals surface area contributed by atoms with Crippen molar-refractivity contribution in [2.24, 2.45) is 0 Å². The summed E-state index contributed by atoms with van der Waals surface area (Å²) >= 11 is 3.32. The van der Waals surface area contributed by atoms with Gasteiger partial charge < -0.3 is 9.64 Å². The fourth-order valence-electron chi connectivity index (χ4n) is 1.95. The van der Waals surface area contributed by atoms with Crippen molar-refractivity contribution in [1.82, 2.24) is 9.88 Å². The molecule has 5 heteroatoms. The quantitative estimate of drug-likeness (QED) is 0.842. The average Bonchev–Trinajstić information content (AvgIpc) is 2.39. The van der Waals surface area contributed by atoms with Crippen LogP contribution in [-0.2, 0) is 0 Å². The van der Waals surface area contributed by atoms with Crippen LogP contribution < -0.4 is 4.74 Å². The number of carbonyl (C=O) groups is 1. The van der Waals surface area contributed by atoms with Gasteiger partial charge in [0.2, 0.25) is 0 Å². The van der Waals surface area contributed by atoms with Crippen LogP contribution in [0.5, 0.6) is 5.75 Å². The fourth-order valence-corrected chi connectivity index (χ4v) is 2.33. The summed E-state index contributed by atoms with van der Waals surface area (Å²) in [6, 6.07) is 1.68. The molecule has 2 rings (SSSR count). The summed E-state index contributed by atoms with van der Waals surface area (Å²) in [5, 5.41) is 0. The van der Waals surface area contributed by atoms with E-state index >= 15 is 0 Å². The minimum Gasteiger partial charge on any atom is -0.495 e. The zero-order valence-corrected chi connectivity index (χ0v) is 11.4. The van der Waals surface area contributed by atoms with Crippen LogP contribution in [0.2, 0.25) is 0 Å². The van der Waals surface area contributed by atoms with Crippen LogP contribution in [0.3, 0.4) is 0 Å². The predicted molar refractivity (Wildman–Crippen MR) is 68.2 cm³/mol. The Bertz CT molecular complexity index is 417. The predicted octanol–water partition coefficient (Wildman–Crippen LogP) is 2.48. The third kappa shape index (κ3) is 2.77. The Morgan fingerprint density at radius 2 is 2.12 bits per heavy atom. The molecular formula is C12H15BrN2O2. The number of rotatable bonds is 2. The van der Waals surface area contributed by atoms with E-state index in [1.807, 2.05) is 4.90 Å². The van der Waals surface area contributed by atoms with E-state index in [4.69, 9.17) is 4.74 Å². The van der Waals surface area contributed by atoms with Crippen molar-refractivity contribution in [3.63, 3.8) is 0 Å². The van der Waals surface area contributed by atoms with Crippen molar-refractivity contribution in [2.45, 2.75) is 19.3 Å². The van der Waals surface area contributed by atoms with Gasteiger partial charge >= 0.3 is 0 Å². The lowest BCUT2D eigenvalue weighted by atomic mass is 10.1. The van der Waals surface area contributed by atoms with Gasteiger partial charge in [-0.1, -0.05) is 0 Å². The Balaban J connectivity index is 2.18. The summed E-state index contributed by atoms with van der Waals surface area (Å²) in [5.74, 6) is 0.635. The second-order valence-corrected chi connectivity index (χ2v) is 4.91. The van der Waals surface area contributed by atoms with Gasteiger partial charge in [-0.3, -0.25) is 4.79 Å². The highest BCUT2D eigenvalue weighted by Crippen LogP contribution is 2.24. The van der Waals surface area contributed by atoms with Crippen molar-refractivity contribution in [3.8, 4) is 5.75 Å². The maximum atomic E-state index is 12.2. The molecule has 0 radical (unpaired) electrons. The molecule has 4 nitrogen and oxygen atoms in total. The summed E-state index contributed by atoms with van der Waals surface area (Å²) in [6.07, 6.45) is 4.98. The number of piperidine rings is 1. The first-order valence-electron chi connectivity index (χ1n) is 5.71. The molecule has 1 amide bonds. The lowest BCUT2D eigenvalue weighted by Gasteiger charge is -2.26. The van der Waals surface area contributed by atoms with E-state index in [1.54, 1.807) is 19.4 Å². The van der Waals surface area contributed by atoms with Crippen molar-refractivity contribution in [2.75, 3.05) is 20.2 Å². The van der Waals surface area contributed by atoms with E-state index < -0.39 is 0 Å². The molecule has 0 bridgehead atoms. The maximum Gasteiger partial charge on any atom is 0.272 e. The van der Waals surface area contributed by atoms with E-state index in [1.165, 1.54) is 6.42 Å². The normalized spacial score (nSPS) is 15.8. The number of pyridine rings is 1. The second-order valence-electron chi connectivity index (χ2n) is 4.06. The molecule has 1 saturated heterocycles. The van der Waals surface area contributed by atoms with E-state index in [0.29, 0.717) is 11.4 Å². The average molecular weight is 299 g/mol. The zero-order valence-electron chi connectivity index (χ0n) is 9.78. The lowest BCUT2D eigenvalue weighted by molar-refractivity contribution is 0.0718. The van der Waals surface area contributed by atoms with Crippen LogP contribution in [0.4, 0.5) is 0 Å². The third-order valence-corrected chi connectivity index (χ3v) is 3.50. The highest BCUT2D eigenvalue weighted by atomic mass is 79.9. The molecule has 0 spiro atoms. The first-order chi connectivity index (χ1) is 8.22.